The average molecular weight is 406 g/mol. The predicted molar refractivity (Wildman–Crippen MR) is 100 cm³/mol. The van der Waals surface area contributed by atoms with Gasteiger partial charge in [0.05, 0.1) is 16.8 Å². The Morgan fingerprint density at radius 2 is 1.88 bits per heavy atom. The molecule has 0 unspecified atom stereocenters. The van der Waals surface area contributed by atoms with E-state index in [1.165, 1.54) is 0 Å². The number of hydrogen-bond acceptors (Lipinski definition) is 4. The number of hydrogen-bond donors (Lipinski definition) is 3. The molecule has 1 saturated carbocycles. The SMILES string of the molecule is CC(=O)c1cnc2ccc(Br)cc2c1N[C@H]1CC[C@H](NC(=O)O)CC1. The molecule has 0 saturated heterocycles. The first-order valence-electron chi connectivity index (χ1n) is 8.29. The number of benzene rings is 1. The summed E-state index contributed by atoms with van der Waals surface area (Å²) in [5.74, 6) is -0.0295. The number of carboxylic acid groups (broad SMARTS) is 1. The molecule has 1 aliphatic rings. The molecule has 0 spiro atoms. The molecule has 1 aromatic heterocycles. The van der Waals surface area contributed by atoms with Gasteiger partial charge in [0, 0.05) is 28.1 Å². The number of fused-ring (bicyclic) bond motifs is 1. The maximum atomic E-state index is 12.0. The van der Waals surface area contributed by atoms with Crippen LogP contribution in [0.25, 0.3) is 10.9 Å². The summed E-state index contributed by atoms with van der Waals surface area (Å²) in [6, 6.07) is 6.02. The molecule has 1 heterocycles. The van der Waals surface area contributed by atoms with Crippen molar-refractivity contribution in [3.63, 3.8) is 0 Å². The van der Waals surface area contributed by atoms with E-state index in [0.717, 1.165) is 46.7 Å². The van der Waals surface area contributed by atoms with Gasteiger partial charge in [-0.05, 0) is 50.8 Å². The van der Waals surface area contributed by atoms with Gasteiger partial charge in [0.1, 0.15) is 0 Å². The number of nitrogens with one attached hydrogen (secondary N) is 2. The first-order chi connectivity index (χ1) is 11.9. The molecule has 132 valence electrons. The fourth-order valence-electron chi connectivity index (χ4n) is 3.35. The lowest BCUT2D eigenvalue weighted by Gasteiger charge is -2.30. The van der Waals surface area contributed by atoms with Gasteiger partial charge in [-0.2, -0.15) is 0 Å². The summed E-state index contributed by atoms with van der Waals surface area (Å²) >= 11 is 3.48. The van der Waals surface area contributed by atoms with Gasteiger partial charge in [-0.1, -0.05) is 15.9 Å². The molecule has 3 N–H and O–H groups in total. The number of aromatic nitrogens is 1. The minimum absolute atomic E-state index is 0.00570. The maximum Gasteiger partial charge on any atom is 0.404 e. The number of amides is 1. The predicted octanol–water partition coefficient (Wildman–Crippen LogP) is 4.19. The Bertz CT molecular complexity index is 817. The Kier molecular flexibility index (Phi) is 5.22. The fourth-order valence-corrected chi connectivity index (χ4v) is 3.71. The molecule has 0 aliphatic heterocycles. The second-order valence-corrected chi connectivity index (χ2v) is 7.32. The lowest BCUT2D eigenvalue weighted by molar-refractivity contribution is 0.101. The van der Waals surface area contributed by atoms with Crippen molar-refractivity contribution in [1.82, 2.24) is 10.3 Å². The third-order valence-corrected chi connectivity index (χ3v) is 5.11. The molecule has 3 rings (SSSR count). The summed E-state index contributed by atoms with van der Waals surface area (Å²) in [6.45, 7) is 1.54. The number of anilines is 1. The van der Waals surface area contributed by atoms with E-state index in [1.54, 1.807) is 13.1 Å². The van der Waals surface area contributed by atoms with Crippen LogP contribution in [0.5, 0.6) is 0 Å². The smallest absolute Gasteiger partial charge is 0.404 e. The molecular weight excluding hydrogens is 386 g/mol. The molecule has 1 fully saturated rings. The first-order valence-corrected chi connectivity index (χ1v) is 9.08. The van der Waals surface area contributed by atoms with Crippen molar-refractivity contribution in [2.24, 2.45) is 0 Å². The van der Waals surface area contributed by atoms with Crippen molar-refractivity contribution < 1.29 is 14.7 Å². The number of carbonyl (C=O) groups is 2. The van der Waals surface area contributed by atoms with E-state index in [0.29, 0.717) is 5.56 Å². The van der Waals surface area contributed by atoms with Crippen molar-refractivity contribution in [2.75, 3.05) is 5.32 Å². The van der Waals surface area contributed by atoms with E-state index in [9.17, 15) is 9.59 Å². The van der Waals surface area contributed by atoms with Gasteiger partial charge in [-0.15, -0.1) is 0 Å². The summed E-state index contributed by atoms with van der Waals surface area (Å²) in [4.78, 5) is 27.2. The third-order valence-electron chi connectivity index (χ3n) is 4.61. The highest BCUT2D eigenvalue weighted by Crippen LogP contribution is 2.31. The van der Waals surface area contributed by atoms with Gasteiger partial charge < -0.3 is 15.7 Å². The van der Waals surface area contributed by atoms with Gasteiger partial charge in [0.2, 0.25) is 0 Å². The summed E-state index contributed by atoms with van der Waals surface area (Å²) in [7, 11) is 0. The van der Waals surface area contributed by atoms with Crippen LogP contribution in [0.3, 0.4) is 0 Å². The van der Waals surface area contributed by atoms with Gasteiger partial charge in [-0.25, -0.2) is 4.79 Å². The van der Waals surface area contributed by atoms with Gasteiger partial charge >= 0.3 is 6.09 Å². The Labute approximate surface area is 154 Å². The highest BCUT2D eigenvalue weighted by atomic mass is 79.9. The Morgan fingerprint density at radius 3 is 2.52 bits per heavy atom. The molecule has 0 atom stereocenters. The second kappa shape index (κ2) is 7.39. The number of Topliss-reactive ketones (excluding diaryl/α,β-unsaturated/α-hetero) is 1. The summed E-state index contributed by atoms with van der Waals surface area (Å²) < 4.78 is 0.930. The van der Waals surface area contributed by atoms with Crippen LogP contribution in [0.2, 0.25) is 0 Å². The zero-order valence-electron chi connectivity index (χ0n) is 13.9. The molecule has 1 aliphatic carbocycles. The van der Waals surface area contributed by atoms with E-state index in [4.69, 9.17) is 5.11 Å². The zero-order chi connectivity index (χ0) is 18.0. The Balaban J connectivity index is 1.85. The summed E-state index contributed by atoms with van der Waals surface area (Å²) in [5, 5.41) is 15.8. The first kappa shape index (κ1) is 17.7. The van der Waals surface area contributed by atoms with E-state index in [1.807, 2.05) is 18.2 Å². The standard InChI is InChI=1S/C18H20BrN3O3/c1-10(23)15-9-20-16-7-2-11(19)8-14(16)17(15)21-12-3-5-13(6-4-12)22-18(24)25/h2,7-9,12-13,22H,3-6H2,1H3,(H,20,21)(H,24,25)/t12-,13-. The number of halogens is 1. The summed E-state index contributed by atoms with van der Waals surface area (Å²) in [6.07, 6.45) is 3.91. The lowest BCUT2D eigenvalue weighted by atomic mass is 9.90. The largest absolute Gasteiger partial charge is 0.465 e. The van der Waals surface area contributed by atoms with E-state index in [2.05, 4.69) is 31.5 Å². The highest BCUT2D eigenvalue weighted by Gasteiger charge is 2.24. The molecule has 0 radical (unpaired) electrons. The number of pyridine rings is 1. The summed E-state index contributed by atoms with van der Waals surface area (Å²) in [5.41, 5.74) is 2.22. The molecular formula is C18H20BrN3O3. The fraction of sp³-hybridized carbons (Fsp3) is 0.389. The number of ketones is 1. The zero-order valence-corrected chi connectivity index (χ0v) is 15.5. The quantitative estimate of drug-likeness (QED) is 0.663. The van der Waals surface area contributed by atoms with Gasteiger partial charge in [0.25, 0.3) is 0 Å². The van der Waals surface area contributed by atoms with Crippen LogP contribution in [0.4, 0.5) is 10.5 Å². The van der Waals surface area contributed by atoms with Crippen molar-refractivity contribution in [1.29, 1.82) is 0 Å². The van der Waals surface area contributed by atoms with Crippen molar-refractivity contribution in [3.05, 3.63) is 34.4 Å². The minimum Gasteiger partial charge on any atom is -0.465 e. The molecule has 2 aromatic rings. The molecule has 25 heavy (non-hydrogen) atoms. The Hall–Kier alpha value is -2.15. The van der Waals surface area contributed by atoms with Crippen LogP contribution in [-0.2, 0) is 0 Å². The van der Waals surface area contributed by atoms with Gasteiger partial charge in [-0.3, -0.25) is 9.78 Å². The molecule has 7 heteroatoms. The van der Waals surface area contributed by atoms with E-state index >= 15 is 0 Å². The van der Waals surface area contributed by atoms with Crippen LogP contribution >= 0.6 is 15.9 Å². The monoisotopic (exact) mass is 405 g/mol. The maximum absolute atomic E-state index is 12.0. The minimum atomic E-state index is -0.972. The third kappa shape index (κ3) is 4.10. The Morgan fingerprint density at radius 1 is 1.20 bits per heavy atom. The second-order valence-electron chi connectivity index (χ2n) is 6.41. The molecule has 6 nitrogen and oxygen atoms in total. The van der Waals surface area contributed by atoms with Gasteiger partial charge in [0.15, 0.2) is 5.78 Å². The van der Waals surface area contributed by atoms with Crippen LogP contribution in [0, 0.1) is 0 Å². The number of carbonyl (C=O) groups excluding carboxylic acids is 1. The van der Waals surface area contributed by atoms with E-state index < -0.39 is 6.09 Å². The molecule has 0 bridgehead atoms. The van der Waals surface area contributed by atoms with Crippen molar-refractivity contribution in [2.45, 2.75) is 44.7 Å². The van der Waals surface area contributed by atoms with E-state index in [-0.39, 0.29) is 17.9 Å². The average Bonchev–Trinajstić information content (AvgIpc) is 2.56. The van der Waals surface area contributed by atoms with Crippen molar-refractivity contribution in [3.8, 4) is 0 Å². The van der Waals surface area contributed by atoms with Crippen LogP contribution in [-0.4, -0.2) is 34.1 Å². The normalized spacial score (nSPS) is 20.2. The van der Waals surface area contributed by atoms with Crippen molar-refractivity contribution >= 4 is 44.4 Å². The topological polar surface area (TPSA) is 91.3 Å². The molecule has 1 amide bonds. The highest BCUT2D eigenvalue weighted by molar-refractivity contribution is 9.10. The van der Waals surface area contributed by atoms with Crippen LogP contribution in [0.15, 0.2) is 28.9 Å². The lowest BCUT2D eigenvalue weighted by Crippen LogP contribution is -2.39. The number of rotatable bonds is 4. The number of nitrogens with zero attached hydrogens (tertiary/aromatic N) is 1. The van der Waals surface area contributed by atoms with Crippen LogP contribution < -0.4 is 10.6 Å². The molecule has 1 aromatic carbocycles. The van der Waals surface area contributed by atoms with Crippen LogP contribution in [0.1, 0.15) is 43.0 Å².